The highest BCUT2D eigenvalue weighted by Crippen LogP contribution is 2.28. The third kappa shape index (κ3) is 2.27. The predicted octanol–water partition coefficient (Wildman–Crippen LogP) is 1.12. The van der Waals surface area contributed by atoms with E-state index >= 15 is 0 Å². The zero-order chi connectivity index (χ0) is 9.19. The predicted molar refractivity (Wildman–Crippen MR) is 47.3 cm³/mol. The van der Waals surface area contributed by atoms with Gasteiger partial charge in [0.15, 0.2) is 13.1 Å². The summed E-state index contributed by atoms with van der Waals surface area (Å²) in [7, 11) is 0. The van der Waals surface area contributed by atoms with Crippen molar-refractivity contribution in [2.75, 3.05) is 26.2 Å². The van der Waals surface area contributed by atoms with Crippen LogP contribution in [0.1, 0.15) is 20.8 Å². The third-order valence-corrected chi connectivity index (χ3v) is 2.52. The van der Waals surface area contributed by atoms with Crippen molar-refractivity contribution in [1.82, 2.24) is 0 Å². The van der Waals surface area contributed by atoms with E-state index in [4.69, 9.17) is 5.11 Å². The maximum Gasteiger partial charge on any atom is 0.191 e. The molecular formula is C9H19N2O+. The van der Waals surface area contributed by atoms with Crippen molar-refractivity contribution in [1.29, 1.82) is 0 Å². The topological polar surface area (TPSA) is 35.6 Å². The minimum atomic E-state index is 0.209. The smallest absolute Gasteiger partial charge is 0.191 e. The second kappa shape index (κ2) is 3.52. The van der Waals surface area contributed by atoms with Crippen molar-refractivity contribution in [2.24, 2.45) is 16.4 Å². The van der Waals surface area contributed by atoms with Crippen LogP contribution in [0.5, 0.6) is 0 Å². The summed E-state index contributed by atoms with van der Waals surface area (Å²) in [6.45, 7) is 9.56. The van der Waals surface area contributed by atoms with Crippen LogP contribution in [0.3, 0.4) is 0 Å². The Morgan fingerprint density at radius 2 is 2.17 bits per heavy atom. The van der Waals surface area contributed by atoms with Crippen molar-refractivity contribution in [2.45, 2.75) is 20.8 Å². The molecule has 0 fully saturated rings. The van der Waals surface area contributed by atoms with E-state index in [0.29, 0.717) is 17.9 Å². The van der Waals surface area contributed by atoms with E-state index < -0.39 is 0 Å². The van der Waals surface area contributed by atoms with E-state index in [1.807, 2.05) is 4.70 Å². The van der Waals surface area contributed by atoms with Crippen molar-refractivity contribution in [3.05, 3.63) is 0 Å². The van der Waals surface area contributed by atoms with Gasteiger partial charge in [-0.25, -0.2) is 0 Å². The normalized spacial score (nSPS) is 24.3. The fourth-order valence-electron chi connectivity index (χ4n) is 1.41. The molecule has 1 aliphatic rings. The number of rotatable bonds is 2. The van der Waals surface area contributed by atoms with Gasteiger partial charge in [0, 0.05) is 0 Å². The molecule has 1 heterocycles. The van der Waals surface area contributed by atoms with Gasteiger partial charge in [-0.05, 0) is 10.5 Å². The highest BCUT2D eigenvalue weighted by Gasteiger charge is 2.34. The van der Waals surface area contributed by atoms with Gasteiger partial charge in [-0.2, -0.15) is 0 Å². The van der Waals surface area contributed by atoms with Gasteiger partial charge in [-0.3, -0.25) is 0 Å². The molecule has 0 aromatic carbocycles. The molecule has 1 N–H and O–H groups in total. The number of β-amino-alcohol motifs (C(OH)–C–C–N with tert-alkyl or cyclic N) is 1. The van der Waals surface area contributed by atoms with E-state index in [9.17, 15) is 0 Å². The first kappa shape index (κ1) is 9.65. The van der Waals surface area contributed by atoms with Crippen LogP contribution in [-0.2, 0) is 0 Å². The Labute approximate surface area is 74.1 Å². The lowest BCUT2D eigenvalue weighted by Crippen LogP contribution is -2.27. The molecule has 0 aliphatic carbocycles. The number of hydrogen-bond donors (Lipinski definition) is 1. The molecule has 1 unspecified atom stereocenters. The second-order valence-corrected chi connectivity index (χ2v) is 4.52. The van der Waals surface area contributed by atoms with Gasteiger partial charge in [0.2, 0.25) is 0 Å². The second-order valence-electron chi connectivity index (χ2n) is 4.52. The number of aliphatic hydroxyl groups excluding tert-OH is 1. The summed E-state index contributed by atoms with van der Waals surface area (Å²) in [6, 6.07) is 0. The average Bonchev–Trinajstić information content (AvgIpc) is 2.35. The molecule has 0 amide bonds. The van der Waals surface area contributed by atoms with Crippen molar-refractivity contribution in [3.8, 4) is 0 Å². The van der Waals surface area contributed by atoms with Crippen LogP contribution in [0.25, 0.3) is 0 Å². The highest BCUT2D eigenvalue weighted by molar-refractivity contribution is 4.76. The maximum absolute atomic E-state index is 8.71. The standard InChI is InChI=1S/C9H19N2O/c1-9(2,3)8-6-10-11(7-8)4-5-12/h8,12H,4-7H2,1-3H3/q+1. The summed E-state index contributed by atoms with van der Waals surface area (Å²) < 4.78 is 1.98. The van der Waals surface area contributed by atoms with Crippen LogP contribution in [0, 0.1) is 11.3 Å². The molecule has 0 aromatic rings. The Morgan fingerprint density at radius 1 is 1.50 bits per heavy atom. The zero-order valence-corrected chi connectivity index (χ0v) is 8.25. The minimum absolute atomic E-state index is 0.209. The average molecular weight is 171 g/mol. The van der Waals surface area contributed by atoms with Crippen LogP contribution >= 0.6 is 0 Å². The molecule has 1 aliphatic heterocycles. The zero-order valence-electron chi connectivity index (χ0n) is 8.25. The fourth-order valence-corrected chi connectivity index (χ4v) is 1.41. The number of azo groups is 2. The van der Waals surface area contributed by atoms with Gasteiger partial charge in [-0.1, -0.05) is 20.8 Å². The van der Waals surface area contributed by atoms with Gasteiger partial charge in [0.05, 0.1) is 5.92 Å². The first-order valence-corrected chi connectivity index (χ1v) is 4.57. The van der Waals surface area contributed by atoms with Crippen molar-refractivity contribution < 1.29 is 9.80 Å². The quantitative estimate of drug-likeness (QED) is 0.621. The van der Waals surface area contributed by atoms with Gasteiger partial charge in [0.25, 0.3) is 0 Å². The van der Waals surface area contributed by atoms with Gasteiger partial charge >= 0.3 is 0 Å². The Kier molecular flexibility index (Phi) is 2.83. The van der Waals surface area contributed by atoms with Gasteiger partial charge in [-0.15, -0.1) is 4.70 Å². The summed E-state index contributed by atoms with van der Waals surface area (Å²) in [5, 5.41) is 13.1. The minimum Gasteiger partial charge on any atom is -0.390 e. The summed E-state index contributed by atoms with van der Waals surface area (Å²) in [6.07, 6.45) is 0. The summed E-state index contributed by atoms with van der Waals surface area (Å²) in [5.41, 5.74) is 0.341. The number of nitrogens with zero attached hydrogens (tertiary/aromatic N) is 2. The van der Waals surface area contributed by atoms with E-state index in [1.165, 1.54) is 0 Å². The molecule has 0 bridgehead atoms. The number of hydrogen-bond acceptors (Lipinski definition) is 2. The van der Waals surface area contributed by atoms with Crippen LogP contribution in [0.4, 0.5) is 0 Å². The molecule has 0 spiro atoms. The largest absolute Gasteiger partial charge is 0.390 e. The lowest BCUT2D eigenvalue weighted by molar-refractivity contribution is -0.586. The highest BCUT2D eigenvalue weighted by atomic mass is 16.3. The summed E-state index contributed by atoms with van der Waals surface area (Å²) >= 11 is 0. The van der Waals surface area contributed by atoms with E-state index in [-0.39, 0.29) is 6.61 Å². The van der Waals surface area contributed by atoms with Gasteiger partial charge in [0.1, 0.15) is 13.2 Å². The fraction of sp³-hybridized carbons (Fsp3) is 1.00. The van der Waals surface area contributed by atoms with E-state index in [0.717, 1.165) is 13.1 Å². The maximum atomic E-state index is 8.71. The first-order valence-electron chi connectivity index (χ1n) is 4.57. The summed E-state index contributed by atoms with van der Waals surface area (Å²) in [5.74, 6) is 0.643. The molecular weight excluding hydrogens is 152 g/mol. The molecule has 1 atom stereocenters. The van der Waals surface area contributed by atoms with Gasteiger partial charge < -0.3 is 5.11 Å². The number of aliphatic hydroxyl groups is 1. The first-order chi connectivity index (χ1) is 5.54. The Bertz CT molecular complexity index is 181. The molecule has 0 radical (unpaired) electrons. The Morgan fingerprint density at radius 3 is 2.58 bits per heavy atom. The molecule has 3 nitrogen and oxygen atoms in total. The van der Waals surface area contributed by atoms with E-state index in [1.54, 1.807) is 0 Å². The Hall–Kier alpha value is -0.440. The molecule has 0 saturated carbocycles. The molecule has 0 aromatic heterocycles. The molecule has 0 saturated heterocycles. The van der Waals surface area contributed by atoms with Crippen molar-refractivity contribution in [3.63, 3.8) is 0 Å². The molecule has 12 heavy (non-hydrogen) atoms. The third-order valence-electron chi connectivity index (χ3n) is 2.52. The van der Waals surface area contributed by atoms with Crippen molar-refractivity contribution >= 4 is 0 Å². The molecule has 3 heteroatoms. The monoisotopic (exact) mass is 171 g/mol. The lowest BCUT2D eigenvalue weighted by atomic mass is 9.81. The van der Waals surface area contributed by atoms with Crippen LogP contribution in [0.2, 0.25) is 0 Å². The van der Waals surface area contributed by atoms with Crippen LogP contribution < -0.4 is 0 Å². The Balaban J connectivity index is 2.41. The van der Waals surface area contributed by atoms with E-state index in [2.05, 4.69) is 25.9 Å². The lowest BCUT2D eigenvalue weighted by Gasteiger charge is -2.22. The molecule has 1 rings (SSSR count). The SMILES string of the molecule is CC(C)(C)C1CN=[N+](CCO)C1. The summed E-state index contributed by atoms with van der Waals surface area (Å²) in [4.78, 5) is 0. The molecule has 70 valence electrons. The van der Waals surface area contributed by atoms with Crippen LogP contribution in [-0.4, -0.2) is 36.0 Å². The van der Waals surface area contributed by atoms with Crippen LogP contribution in [0.15, 0.2) is 5.11 Å².